The van der Waals surface area contributed by atoms with Crippen molar-refractivity contribution in [1.82, 2.24) is 0 Å². The summed E-state index contributed by atoms with van der Waals surface area (Å²) >= 11 is 1.55. The molecule has 0 aromatic heterocycles. The Morgan fingerprint density at radius 1 is 0.520 bits per heavy atom. The molecule has 2 aromatic rings. The van der Waals surface area contributed by atoms with Gasteiger partial charge < -0.3 is 24.8 Å². The molecule has 0 amide bonds. The van der Waals surface area contributed by atoms with Crippen LogP contribution in [0.1, 0.15) is 96.9 Å². The van der Waals surface area contributed by atoms with Crippen LogP contribution in [0.3, 0.4) is 0 Å². The van der Waals surface area contributed by atoms with Crippen LogP contribution in [0.5, 0.6) is 0 Å². The van der Waals surface area contributed by atoms with E-state index in [9.17, 15) is 0 Å². The third-order valence-corrected chi connectivity index (χ3v) is 14.8. The van der Waals surface area contributed by atoms with Crippen molar-refractivity contribution in [2.45, 2.75) is 96.9 Å². The zero-order chi connectivity index (χ0) is 35.8. The van der Waals surface area contributed by atoms with Gasteiger partial charge in [0.2, 0.25) is 0 Å². The van der Waals surface area contributed by atoms with Crippen LogP contribution in [0.15, 0.2) is 117 Å². The Morgan fingerprint density at radius 3 is 1.04 bits per heavy atom. The van der Waals surface area contributed by atoms with Crippen LogP contribution >= 0.6 is 15.8 Å². The van der Waals surface area contributed by atoms with E-state index in [1.807, 2.05) is 0 Å². The number of benzene rings is 2. The molecule has 0 spiro atoms. The molecule has 4 unspecified atom stereocenters. The molecule has 2 aliphatic carbocycles. The molecule has 0 radical (unpaired) electrons. The van der Waals surface area contributed by atoms with Gasteiger partial charge in [0.15, 0.2) is 0 Å². The molecule has 268 valence electrons. The molecule has 0 fully saturated rings. The molecule has 0 saturated heterocycles. The minimum absolute atomic E-state index is 0. The molecule has 6 rings (SSSR count). The molecule has 0 N–H and O–H groups in total. The van der Waals surface area contributed by atoms with Gasteiger partial charge in [-0.15, -0.1) is 10.6 Å². The van der Waals surface area contributed by atoms with E-state index in [1.165, 1.54) is 25.0 Å². The summed E-state index contributed by atoms with van der Waals surface area (Å²) in [5.41, 5.74) is 3.56. The summed E-state index contributed by atoms with van der Waals surface area (Å²) in [6.45, 7) is 32.0. The Kier molecular flexibility index (Phi) is 15.8. The van der Waals surface area contributed by atoms with E-state index >= 15 is 0 Å². The van der Waals surface area contributed by atoms with Gasteiger partial charge in [0, 0.05) is 0 Å². The van der Waals surface area contributed by atoms with Gasteiger partial charge in [-0.25, -0.2) is 23.3 Å². The summed E-state index contributed by atoms with van der Waals surface area (Å²) in [7, 11) is -0.734. The molecule has 5 heteroatoms. The van der Waals surface area contributed by atoms with E-state index in [4.69, 9.17) is 0 Å². The second-order valence-electron chi connectivity index (χ2n) is 17.7. The Bertz CT molecular complexity index is 1550. The number of fused-ring (bicyclic) bond motifs is 2. The largest absolute Gasteiger partial charge is 1.00 e. The zero-order valence-corrected chi connectivity index (χ0v) is 38.6. The summed E-state index contributed by atoms with van der Waals surface area (Å²) in [5.74, 6) is 0.796. The molecule has 4 atom stereocenters. The van der Waals surface area contributed by atoms with Gasteiger partial charge in [-0.2, -0.15) is 0 Å². The standard InChI is InChI=1S/2C21H26P.C3H6.2ClH.Zr/c2*1-20(2,3)16-12-15-13-19(21(4,5)6)22(18(15)14-16)17-10-8-7-9-11-17;1-3-2;;;/h2*7-11,13-15H,1-6H3;1-2H3;2*1H;/q2*-1;;;;+2/p-2. The number of allylic oxidation sites excluding steroid dienone is 12. The van der Waals surface area contributed by atoms with Crippen molar-refractivity contribution in [3.63, 3.8) is 0 Å². The first-order valence-electron chi connectivity index (χ1n) is 17.5. The topological polar surface area (TPSA) is 0 Å². The Labute approximate surface area is 336 Å². The number of hydrogen-bond acceptors (Lipinski definition) is 0. The summed E-state index contributed by atoms with van der Waals surface area (Å²) in [6.07, 6.45) is 17.4. The van der Waals surface area contributed by atoms with E-state index < -0.39 is 0 Å². The van der Waals surface area contributed by atoms with Gasteiger partial charge >= 0.3 is 41.3 Å². The van der Waals surface area contributed by atoms with Crippen LogP contribution in [0.4, 0.5) is 0 Å². The van der Waals surface area contributed by atoms with Crippen LogP contribution in [0.2, 0.25) is 0 Å². The van der Waals surface area contributed by atoms with Gasteiger partial charge in [0.25, 0.3) is 0 Å². The van der Waals surface area contributed by atoms with Crippen molar-refractivity contribution in [2.24, 2.45) is 33.5 Å². The maximum absolute atomic E-state index is 3.76. The van der Waals surface area contributed by atoms with Crippen molar-refractivity contribution in [1.29, 1.82) is 0 Å². The molecule has 0 saturated carbocycles. The first kappa shape index (κ1) is 45.2. The third-order valence-electron chi connectivity index (χ3n) is 8.67. The normalized spacial score (nSPS) is 22.3. The van der Waals surface area contributed by atoms with Crippen LogP contribution in [-0.4, -0.2) is 3.21 Å². The van der Waals surface area contributed by atoms with Crippen molar-refractivity contribution < 1.29 is 49.0 Å². The average molecular weight is 823 g/mol. The minimum Gasteiger partial charge on any atom is -1.00 e. The Morgan fingerprint density at radius 2 is 0.800 bits per heavy atom. The minimum atomic E-state index is -0.367. The predicted octanol–water partition coefficient (Wildman–Crippen LogP) is 6.81. The van der Waals surface area contributed by atoms with Gasteiger partial charge in [-0.3, -0.25) is 12.2 Å². The monoisotopic (exact) mass is 820 g/mol. The molecule has 0 nitrogen and oxygen atoms in total. The molecular formula is C45H58Cl2P2Zr-2. The first-order valence-corrected chi connectivity index (χ1v) is 21.4. The van der Waals surface area contributed by atoms with Crippen molar-refractivity contribution in [3.8, 4) is 0 Å². The van der Waals surface area contributed by atoms with Crippen molar-refractivity contribution >= 4 is 29.7 Å². The summed E-state index contributed by atoms with van der Waals surface area (Å²) in [4.78, 5) is 0. The van der Waals surface area contributed by atoms with Crippen LogP contribution in [0.25, 0.3) is 0 Å². The van der Waals surface area contributed by atoms with E-state index in [0.717, 1.165) is 0 Å². The molecule has 0 bridgehead atoms. The van der Waals surface area contributed by atoms with E-state index in [-0.39, 0.29) is 62.3 Å². The van der Waals surface area contributed by atoms with Crippen molar-refractivity contribution in [2.75, 3.05) is 0 Å². The van der Waals surface area contributed by atoms with Crippen LogP contribution in [0, 0.1) is 45.6 Å². The predicted molar refractivity (Wildman–Crippen MR) is 213 cm³/mol. The van der Waals surface area contributed by atoms with E-state index in [1.54, 1.807) is 45.5 Å². The van der Waals surface area contributed by atoms with Gasteiger partial charge in [0.1, 0.15) is 0 Å². The number of halogens is 2. The first-order chi connectivity index (χ1) is 22.1. The fraction of sp³-hybridized carbons (Fsp3) is 0.444. The number of rotatable bonds is 2. The SMILES string of the molecule is CC(C)(C)C1=[C-]C2C=C(C(C)(C)C)P(c3ccccc3)C2=C1.CC(C)(C)C1=[C-]C2C=C(C(C)(C)C)P(c3ccccc3)C2=C1.C[C](C)=[Zr+2].[Cl-].[Cl-]. The molecule has 50 heavy (non-hydrogen) atoms. The smallest absolute Gasteiger partial charge is 1.00 e. The van der Waals surface area contributed by atoms with Gasteiger partial charge in [0.05, 0.1) is 0 Å². The second kappa shape index (κ2) is 17.5. The maximum atomic E-state index is 3.76. The fourth-order valence-electron chi connectivity index (χ4n) is 6.21. The molecule has 2 aliphatic heterocycles. The Balaban J connectivity index is 0.000000303. The average Bonchev–Trinajstić information content (AvgIpc) is 3.71. The summed E-state index contributed by atoms with van der Waals surface area (Å²) in [5, 5.41) is 9.32. The van der Waals surface area contributed by atoms with Gasteiger partial charge in [-0.05, 0) is 58.7 Å². The summed E-state index contributed by atoms with van der Waals surface area (Å²) < 4.78 is 1.51. The van der Waals surface area contributed by atoms with Crippen molar-refractivity contribution in [3.05, 3.63) is 130 Å². The second-order valence-corrected chi connectivity index (χ2v) is 24.5. The number of hydrogen-bond donors (Lipinski definition) is 0. The molecule has 2 aromatic carbocycles. The van der Waals surface area contributed by atoms with E-state index in [0.29, 0.717) is 11.8 Å². The Hall–Kier alpha value is -0.927. The fourth-order valence-corrected chi connectivity index (χ4v) is 12.2. The molecule has 4 aliphatic rings. The van der Waals surface area contributed by atoms with Crippen LogP contribution < -0.4 is 35.4 Å². The van der Waals surface area contributed by atoms with E-state index in [2.05, 4.69) is 194 Å². The van der Waals surface area contributed by atoms with Crippen LogP contribution in [-0.2, 0) is 24.2 Å². The van der Waals surface area contributed by atoms with Gasteiger partial charge in [-0.1, -0.05) is 168 Å². The molecule has 2 heterocycles. The quantitative estimate of drug-likeness (QED) is 0.231. The maximum Gasteiger partial charge on any atom is -1.00 e. The summed E-state index contributed by atoms with van der Waals surface area (Å²) in [6, 6.07) is 22.1. The third kappa shape index (κ3) is 11.1. The molecular weight excluding hydrogens is 765 g/mol. The zero-order valence-electron chi connectivity index (χ0n) is 32.9.